The number of carbonyl (C=O) groups is 1. The monoisotopic (exact) mass is 363 g/mol. The topological polar surface area (TPSA) is 47.8 Å². The van der Waals surface area contributed by atoms with Gasteiger partial charge in [0.05, 0.1) is 0 Å². The van der Waals surface area contributed by atoms with E-state index in [9.17, 15) is 22.4 Å². The molecule has 0 aliphatic carbocycles. The summed E-state index contributed by atoms with van der Waals surface area (Å²) in [4.78, 5) is 16.2. The Morgan fingerprint density at radius 2 is 1.88 bits per heavy atom. The molecule has 4 nitrogen and oxygen atoms in total. The van der Waals surface area contributed by atoms with Gasteiger partial charge in [0.25, 0.3) is 5.92 Å². The number of aromatic nitrogens is 3. The first kappa shape index (κ1) is 19.8. The van der Waals surface area contributed by atoms with Gasteiger partial charge in [-0.3, -0.25) is 4.79 Å². The normalized spacial score (nSPS) is 17.8. The van der Waals surface area contributed by atoms with Crippen LogP contribution in [0.3, 0.4) is 0 Å². The van der Waals surface area contributed by atoms with E-state index >= 15 is 0 Å². The van der Waals surface area contributed by atoms with Gasteiger partial charge in [-0.1, -0.05) is 20.3 Å². The van der Waals surface area contributed by atoms with E-state index in [4.69, 9.17) is 0 Å². The van der Waals surface area contributed by atoms with Gasteiger partial charge in [-0.15, -0.1) is 5.10 Å². The highest BCUT2D eigenvalue weighted by atomic mass is 19.3. The number of alkyl halides is 4. The molecular formula is C17H25F4N3O. The fraction of sp³-hybridized carbons (Fsp3) is 0.824. The molecule has 1 aliphatic heterocycles. The fourth-order valence-electron chi connectivity index (χ4n) is 3.04. The van der Waals surface area contributed by atoms with Crippen molar-refractivity contribution in [3.8, 4) is 0 Å². The first-order valence-electron chi connectivity index (χ1n) is 8.94. The van der Waals surface area contributed by atoms with Gasteiger partial charge in [0.2, 0.25) is 17.5 Å². The van der Waals surface area contributed by atoms with Crippen molar-refractivity contribution in [2.45, 2.75) is 89.5 Å². The highest BCUT2D eigenvalue weighted by Crippen LogP contribution is 2.39. The minimum Gasteiger partial charge on any atom is -0.291 e. The van der Waals surface area contributed by atoms with Crippen LogP contribution >= 0.6 is 0 Å². The van der Waals surface area contributed by atoms with Crippen molar-refractivity contribution in [2.75, 3.05) is 0 Å². The third kappa shape index (κ3) is 4.79. The quantitative estimate of drug-likeness (QED) is 0.334. The Labute approximate surface area is 145 Å². The number of fused-ring (bicyclic) bond motifs is 1. The average Bonchev–Trinajstić information content (AvgIpc) is 3.14. The Balaban J connectivity index is 1.85. The molecule has 0 fully saturated rings. The van der Waals surface area contributed by atoms with Gasteiger partial charge in [-0.05, 0) is 19.3 Å². The first-order chi connectivity index (χ1) is 11.7. The lowest BCUT2D eigenvalue weighted by atomic mass is 10.1. The van der Waals surface area contributed by atoms with Gasteiger partial charge in [-0.25, -0.2) is 27.2 Å². The predicted molar refractivity (Wildman–Crippen MR) is 85.3 cm³/mol. The van der Waals surface area contributed by atoms with Gasteiger partial charge < -0.3 is 0 Å². The number of carbonyl (C=O) groups excluding carboxylic acids is 1. The van der Waals surface area contributed by atoms with E-state index < -0.39 is 17.9 Å². The van der Waals surface area contributed by atoms with Crippen LogP contribution in [0.25, 0.3) is 0 Å². The lowest BCUT2D eigenvalue weighted by molar-refractivity contribution is -0.0555. The minimum absolute atomic E-state index is 0.0366. The molecule has 2 heterocycles. The van der Waals surface area contributed by atoms with E-state index in [1.807, 2.05) is 0 Å². The first-order valence-corrected chi connectivity index (χ1v) is 8.94. The maximum Gasteiger partial charge on any atom is 0.269 e. The lowest BCUT2D eigenvalue weighted by Gasteiger charge is -2.22. The molecule has 25 heavy (non-hydrogen) atoms. The number of halogens is 4. The van der Waals surface area contributed by atoms with Gasteiger partial charge in [0, 0.05) is 32.1 Å². The van der Waals surface area contributed by atoms with E-state index in [0.717, 1.165) is 0 Å². The van der Waals surface area contributed by atoms with Crippen molar-refractivity contribution in [2.24, 2.45) is 0 Å². The third-order valence-electron chi connectivity index (χ3n) is 4.81. The Bertz CT molecular complexity index is 601. The molecule has 8 heteroatoms. The molecule has 0 bridgehead atoms. The maximum absolute atomic E-state index is 13.9. The molecule has 2 rings (SSSR count). The van der Waals surface area contributed by atoms with Crippen LogP contribution in [-0.2, 0) is 6.42 Å². The zero-order valence-electron chi connectivity index (χ0n) is 14.7. The molecule has 1 aromatic heterocycles. The third-order valence-corrected chi connectivity index (χ3v) is 4.81. The molecule has 1 aliphatic rings. The zero-order valence-corrected chi connectivity index (χ0v) is 14.7. The highest BCUT2D eigenvalue weighted by Gasteiger charge is 2.44. The number of rotatable bonds is 10. The Morgan fingerprint density at radius 3 is 2.52 bits per heavy atom. The van der Waals surface area contributed by atoms with Gasteiger partial charge in [0.15, 0.2) is 0 Å². The summed E-state index contributed by atoms with van der Waals surface area (Å²) in [5, 5.41) is 3.99. The molecular weight excluding hydrogens is 338 g/mol. The van der Waals surface area contributed by atoms with Crippen molar-refractivity contribution in [3.63, 3.8) is 0 Å². The number of unbranched alkanes of at least 4 members (excludes halogenated alkanes) is 2. The van der Waals surface area contributed by atoms with E-state index in [2.05, 4.69) is 10.1 Å². The summed E-state index contributed by atoms with van der Waals surface area (Å²) in [7, 11) is 0. The molecule has 0 unspecified atom stereocenters. The van der Waals surface area contributed by atoms with Crippen LogP contribution in [0.1, 0.15) is 87.7 Å². The molecule has 0 radical (unpaired) electrons. The average molecular weight is 363 g/mol. The summed E-state index contributed by atoms with van der Waals surface area (Å²) in [5.41, 5.74) is 0. The molecule has 142 valence electrons. The smallest absolute Gasteiger partial charge is 0.269 e. The maximum atomic E-state index is 13.9. The van der Waals surface area contributed by atoms with Crippen LogP contribution in [-0.4, -0.2) is 32.4 Å². The van der Waals surface area contributed by atoms with Crippen LogP contribution in [0.2, 0.25) is 0 Å². The van der Waals surface area contributed by atoms with Crippen molar-refractivity contribution >= 4 is 5.78 Å². The Morgan fingerprint density at radius 1 is 1.16 bits per heavy atom. The Hall–Kier alpha value is -1.47. The minimum atomic E-state index is -2.87. The molecule has 1 atom stereocenters. The predicted octanol–water partition coefficient (Wildman–Crippen LogP) is 4.99. The SMILES string of the molecule is CCC(F)(F)CCCCCC(=O)c1nc2n(n1)[C@H](C(F)(F)CC)CC2. The number of hydrogen-bond donors (Lipinski definition) is 0. The van der Waals surface area contributed by atoms with Crippen molar-refractivity contribution < 1.29 is 22.4 Å². The summed E-state index contributed by atoms with van der Waals surface area (Å²) in [6.07, 6.45) is 1.50. The molecule has 0 N–H and O–H groups in total. The van der Waals surface area contributed by atoms with Crippen LogP contribution < -0.4 is 0 Å². The van der Waals surface area contributed by atoms with Crippen LogP contribution in [0.4, 0.5) is 17.6 Å². The molecule has 0 spiro atoms. The van der Waals surface area contributed by atoms with E-state index in [-0.39, 0.29) is 43.7 Å². The largest absolute Gasteiger partial charge is 0.291 e. The van der Waals surface area contributed by atoms with Crippen LogP contribution in [0, 0.1) is 0 Å². The van der Waals surface area contributed by atoms with Crippen molar-refractivity contribution in [1.82, 2.24) is 14.8 Å². The van der Waals surface area contributed by atoms with Crippen molar-refractivity contribution in [1.29, 1.82) is 0 Å². The number of aryl methyl sites for hydroxylation is 1. The number of hydrogen-bond acceptors (Lipinski definition) is 3. The zero-order chi connectivity index (χ0) is 18.7. The van der Waals surface area contributed by atoms with Gasteiger partial charge in [-0.2, -0.15) is 0 Å². The van der Waals surface area contributed by atoms with E-state index in [0.29, 0.717) is 31.5 Å². The summed E-state index contributed by atoms with van der Waals surface area (Å²) in [6, 6.07) is -1.04. The fourth-order valence-corrected chi connectivity index (χ4v) is 3.04. The van der Waals surface area contributed by atoms with E-state index in [1.165, 1.54) is 18.5 Å². The second-order valence-electron chi connectivity index (χ2n) is 6.66. The summed E-state index contributed by atoms with van der Waals surface area (Å²) >= 11 is 0. The van der Waals surface area contributed by atoms with Crippen LogP contribution in [0.15, 0.2) is 0 Å². The summed E-state index contributed by atoms with van der Waals surface area (Å²) in [5.74, 6) is -5.45. The van der Waals surface area contributed by atoms with E-state index in [1.54, 1.807) is 0 Å². The van der Waals surface area contributed by atoms with Gasteiger partial charge in [0.1, 0.15) is 11.9 Å². The molecule has 0 saturated heterocycles. The summed E-state index contributed by atoms with van der Waals surface area (Å²) < 4.78 is 55.3. The second-order valence-corrected chi connectivity index (χ2v) is 6.66. The molecule has 0 aromatic carbocycles. The van der Waals surface area contributed by atoms with Crippen LogP contribution in [0.5, 0.6) is 0 Å². The molecule has 0 saturated carbocycles. The number of Topliss-reactive ketones (excluding diaryl/α,β-unsaturated/α-hetero) is 1. The Kier molecular flexibility index (Phi) is 6.21. The van der Waals surface area contributed by atoms with Crippen molar-refractivity contribution in [3.05, 3.63) is 11.6 Å². The number of nitrogens with zero attached hydrogens (tertiary/aromatic N) is 3. The molecule has 0 amide bonds. The number of ketones is 1. The van der Waals surface area contributed by atoms with Gasteiger partial charge >= 0.3 is 0 Å². The second kappa shape index (κ2) is 7.83. The molecule has 1 aromatic rings. The standard InChI is InChI=1S/C17H25F4N3O/c1-3-16(18,19)11-7-5-6-8-12(25)15-22-14-10-9-13(24(14)23-15)17(20,21)4-2/h13H,3-11H2,1-2H3/t13-/m0/s1. The highest BCUT2D eigenvalue weighted by molar-refractivity contribution is 5.92. The summed E-state index contributed by atoms with van der Waals surface area (Å²) in [6.45, 7) is 2.87. The lowest BCUT2D eigenvalue weighted by Crippen LogP contribution is -2.28.